The monoisotopic (exact) mass is 289 g/mol. The van der Waals surface area contributed by atoms with Crippen LogP contribution in [0, 0.1) is 0 Å². The maximum absolute atomic E-state index is 5.30. The lowest BCUT2D eigenvalue weighted by Crippen LogP contribution is -2.30. The molecule has 20 heavy (non-hydrogen) atoms. The van der Waals surface area contributed by atoms with E-state index in [9.17, 15) is 0 Å². The van der Waals surface area contributed by atoms with Crippen LogP contribution in [0.15, 0.2) is 34.9 Å². The first-order valence-electron chi connectivity index (χ1n) is 7.06. The zero-order valence-corrected chi connectivity index (χ0v) is 12.2. The maximum atomic E-state index is 5.30. The Labute approximate surface area is 123 Å². The van der Waals surface area contributed by atoms with Gasteiger partial charge in [-0.2, -0.15) is 16.7 Å². The second-order valence-corrected chi connectivity index (χ2v) is 6.18. The third-order valence-electron chi connectivity index (χ3n) is 3.42. The van der Waals surface area contributed by atoms with Gasteiger partial charge in [-0.3, -0.25) is 0 Å². The molecule has 1 saturated heterocycles. The van der Waals surface area contributed by atoms with Crippen LogP contribution in [-0.2, 0) is 12.8 Å². The fourth-order valence-corrected chi connectivity index (χ4v) is 3.51. The molecule has 0 saturated carbocycles. The predicted molar refractivity (Wildman–Crippen MR) is 81.0 cm³/mol. The van der Waals surface area contributed by atoms with Crippen molar-refractivity contribution >= 4 is 11.8 Å². The Balaban J connectivity index is 1.46. The molecule has 1 atom stereocenters. The van der Waals surface area contributed by atoms with Gasteiger partial charge < -0.3 is 9.84 Å². The Bertz CT molecular complexity index is 523. The number of rotatable bonds is 6. The van der Waals surface area contributed by atoms with Crippen LogP contribution in [0.2, 0.25) is 0 Å². The molecule has 1 fully saturated rings. The Morgan fingerprint density at radius 2 is 2.20 bits per heavy atom. The van der Waals surface area contributed by atoms with Crippen molar-refractivity contribution in [2.45, 2.75) is 25.3 Å². The fraction of sp³-hybridized carbons (Fsp3) is 0.467. The van der Waals surface area contributed by atoms with E-state index >= 15 is 0 Å². The quantitative estimate of drug-likeness (QED) is 0.884. The Morgan fingerprint density at radius 1 is 1.30 bits per heavy atom. The molecule has 1 aliphatic rings. The van der Waals surface area contributed by atoms with Gasteiger partial charge in [0.25, 0.3) is 0 Å². The van der Waals surface area contributed by atoms with Gasteiger partial charge in [-0.25, -0.2) is 0 Å². The number of benzene rings is 1. The van der Waals surface area contributed by atoms with Crippen molar-refractivity contribution < 1.29 is 4.52 Å². The molecule has 0 aliphatic carbocycles. The lowest BCUT2D eigenvalue weighted by molar-refractivity contribution is 0.369. The van der Waals surface area contributed by atoms with Gasteiger partial charge in [-0.05, 0) is 17.7 Å². The minimum absolute atomic E-state index is 0.659. The summed E-state index contributed by atoms with van der Waals surface area (Å²) in [5.41, 5.74) is 1.21. The first-order chi connectivity index (χ1) is 9.90. The molecule has 1 N–H and O–H groups in total. The highest BCUT2D eigenvalue weighted by molar-refractivity contribution is 7.99. The summed E-state index contributed by atoms with van der Waals surface area (Å²) >= 11 is 2.02. The number of aromatic nitrogens is 2. The number of nitrogens with zero attached hydrogens (tertiary/aromatic N) is 2. The zero-order chi connectivity index (χ0) is 13.6. The molecule has 0 unspecified atom stereocenters. The van der Waals surface area contributed by atoms with E-state index < -0.39 is 0 Å². The number of hydrogen-bond donors (Lipinski definition) is 1. The topological polar surface area (TPSA) is 51.0 Å². The number of hydrogen-bond acceptors (Lipinski definition) is 5. The van der Waals surface area contributed by atoms with Gasteiger partial charge >= 0.3 is 0 Å². The molecule has 0 radical (unpaired) electrons. The summed E-state index contributed by atoms with van der Waals surface area (Å²) in [6.07, 6.45) is 2.81. The van der Waals surface area contributed by atoms with Crippen molar-refractivity contribution in [2.75, 3.05) is 18.1 Å². The van der Waals surface area contributed by atoms with Crippen molar-refractivity contribution in [3.63, 3.8) is 0 Å². The largest absolute Gasteiger partial charge is 0.339 e. The van der Waals surface area contributed by atoms with Crippen molar-refractivity contribution in [2.24, 2.45) is 0 Å². The van der Waals surface area contributed by atoms with Crippen LogP contribution in [0.25, 0.3) is 0 Å². The molecule has 1 aromatic heterocycles. The number of thioether (sulfide) groups is 1. The summed E-state index contributed by atoms with van der Waals surface area (Å²) < 4.78 is 5.30. The van der Waals surface area contributed by atoms with Crippen LogP contribution in [-0.4, -0.2) is 34.2 Å². The first kappa shape index (κ1) is 13.6. The van der Waals surface area contributed by atoms with E-state index in [0.717, 1.165) is 31.1 Å². The standard InChI is InChI=1S/C15H19N3OS/c1-2-4-12(5-3-1)10-14-17-15(19-18-14)6-8-16-13-7-9-20-11-13/h1-5,13,16H,6-11H2/t13-/m0/s1. The smallest absolute Gasteiger partial charge is 0.227 e. The van der Waals surface area contributed by atoms with Crippen molar-refractivity contribution in [3.05, 3.63) is 47.6 Å². The van der Waals surface area contributed by atoms with Crippen LogP contribution >= 0.6 is 11.8 Å². The van der Waals surface area contributed by atoms with Gasteiger partial charge in [0, 0.05) is 31.2 Å². The van der Waals surface area contributed by atoms with E-state index in [-0.39, 0.29) is 0 Å². The highest BCUT2D eigenvalue weighted by Crippen LogP contribution is 2.16. The Morgan fingerprint density at radius 3 is 3.00 bits per heavy atom. The minimum Gasteiger partial charge on any atom is -0.339 e. The molecule has 1 aromatic carbocycles. The fourth-order valence-electron chi connectivity index (χ4n) is 2.32. The molecular formula is C15H19N3OS. The summed E-state index contributed by atoms with van der Waals surface area (Å²) in [6.45, 7) is 0.915. The second kappa shape index (κ2) is 6.90. The van der Waals surface area contributed by atoms with Gasteiger partial charge in [0.15, 0.2) is 5.82 Å². The first-order valence-corrected chi connectivity index (χ1v) is 8.22. The summed E-state index contributed by atoms with van der Waals surface area (Å²) in [7, 11) is 0. The number of nitrogens with one attached hydrogen (secondary N) is 1. The van der Waals surface area contributed by atoms with E-state index in [0.29, 0.717) is 6.04 Å². The average molecular weight is 289 g/mol. The van der Waals surface area contributed by atoms with Crippen LogP contribution in [0.3, 0.4) is 0 Å². The van der Waals surface area contributed by atoms with Gasteiger partial charge in [0.2, 0.25) is 5.89 Å². The average Bonchev–Trinajstić information content (AvgIpc) is 3.12. The SMILES string of the molecule is c1ccc(Cc2noc(CCN[C@H]3CCSC3)n2)cc1. The Kier molecular flexibility index (Phi) is 4.71. The van der Waals surface area contributed by atoms with Gasteiger partial charge in [-0.15, -0.1) is 0 Å². The molecule has 2 aromatic rings. The van der Waals surface area contributed by atoms with E-state index in [1.54, 1.807) is 0 Å². The van der Waals surface area contributed by atoms with Crippen molar-refractivity contribution in [3.8, 4) is 0 Å². The molecule has 2 heterocycles. The summed E-state index contributed by atoms with van der Waals surface area (Å²) in [5, 5.41) is 7.58. The molecule has 4 nitrogen and oxygen atoms in total. The second-order valence-electron chi connectivity index (χ2n) is 5.03. The van der Waals surface area contributed by atoms with Gasteiger partial charge in [0.1, 0.15) is 0 Å². The predicted octanol–water partition coefficient (Wildman–Crippen LogP) is 2.30. The Hall–Kier alpha value is -1.33. The molecule has 5 heteroatoms. The lowest BCUT2D eigenvalue weighted by atomic mass is 10.1. The van der Waals surface area contributed by atoms with Gasteiger partial charge in [0.05, 0.1) is 0 Å². The van der Waals surface area contributed by atoms with E-state index in [4.69, 9.17) is 4.52 Å². The third kappa shape index (κ3) is 3.84. The maximum Gasteiger partial charge on any atom is 0.227 e. The summed E-state index contributed by atoms with van der Waals surface area (Å²) in [4.78, 5) is 4.45. The van der Waals surface area contributed by atoms with E-state index in [2.05, 4.69) is 27.6 Å². The van der Waals surface area contributed by atoms with E-state index in [1.165, 1.54) is 23.5 Å². The third-order valence-corrected chi connectivity index (χ3v) is 4.58. The highest BCUT2D eigenvalue weighted by Gasteiger charge is 2.14. The van der Waals surface area contributed by atoms with Gasteiger partial charge in [-0.1, -0.05) is 35.5 Å². The molecule has 1 aliphatic heterocycles. The molecule has 0 spiro atoms. The van der Waals surface area contributed by atoms with Crippen LogP contribution < -0.4 is 5.32 Å². The van der Waals surface area contributed by atoms with Crippen LogP contribution in [0.4, 0.5) is 0 Å². The molecule has 0 amide bonds. The van der Waals surface area contributed by atoms with Crippen molar-refractivity contribution in [1.82, 2.24) is 15.5 Å². The molecule has 3 rings (SSSR count). The highest BCUT2D eigenvalue weighted by atomic mass is 32.2. The molecular weight excluding hydrogens is 270 g/mol. The van der Waals surface area contributed by atoms with Crippen LogP contribution in [0.1, 0.15) is 23.7 Å². The summed E-state index contributed by atoms with van der Waals surface area (Å²) in [6, 6.07) is 10.9. The molecule has 0 bridgehead atoms. The van der Waals surface area contributed by atoms with Crippen LogP contribution in [0.5, 0.6) is 0 Å². The van der Waals surface area contributed by atoms with E-state index in [1.807, 2.05) is 30.0 Å². The zero-order valence-electron chi connectivity index (χ0n) is 11.4. The lowest BCUT2D eigenvalue weighted by Gasteiger charge is -2.08. The van der Waals surface area contributed by atoms with Crippen molar-refractivity contribution in [1.29, 1.82) is 0 Å². The molecule has 106 valence electrons. The normalized spacial score (nSPS) is 18.5. The minimum atomic E-state index is 0.659. The summed E-state index contributed by atoms with van der Waals surface area (Å²) in [5.74, 6) is 4.00.